The number of hydrogen-bond acceptors (Lipinski definition) is 4. The maximum absolute atomic E-state index is 5.61. The molecule has 150 valence electrons. The Morgan fingerprint density at radius 2 is 1.90 bits per heavy atom. The summed E-state index contributed by atoms with van der Waals surface area (Å²) in [6.45, 7) is 4.81. The molecule has 0 N–H and O–H groups in total. The number of thiophene rings is 1. The van der Waals surface area contributed by atoms with Crippen molar-refractivity contribution in [3.8, 4) is 33.9 Å². The molecule has 1 aliphatic carbocycles. The lowest BCUT2D eigenvalue weighted by Gasteiger charge is -2.18. The topological polar surface area (TPSA) is 31.4 Å². The van der Waals surface area contributed by atoms with E-state index < -0.39 is 0 Å². The predicted octanol–water partition coefficient (Wildman–Crippen LogP) is 6.79. The van der Waals surface area contributed by atoms with Crippen molar-refractivity contribution < 1.29 is 9.47 Å². The number of ether oxygens (including phenoxy) is 2. The van der Waals surface area contributed by atoms with Crippen LogP contribution >= 0.6 is 11.3 Å². The van der Waals surface area contributed by atoms with E-state index in [1.165, 1.54) is 45.4 Å². The van der Waals surface area contributed by atoms with E-state index in [1.807, 2.05) is 23.5 Å². The molecule has 0 amide bonds. The lowest BCUT2D eigenvalue weighted by atomic mass is 9.87. The summed E-state index contributed by atoms with van der Waals surface area (Å²) in [7, 11) is 0. The number of aryl methyl sites for hydroxylation is 2. The van der Waals surface area contributed by atoms with Crippen LogP contribution in [0.25, 0.3) is 32.6 Å². The molecule has 2 aliphatic rings. The Balaban J connectivity index is 1.60. The monoisotopic (exact) mass is 413 g/mol. The van der Waals surface area contributed by atoms with Crippen LogP contribution in [0.4, 0.5) is 0 Å². The zero-order chi connectivity index (χ0) is 20.2. The van der Waals surface area contributed by atoms with Gasteiger partial charge < -0.3 is 9.47 Å². The van der Waals surface area contributed by atoms with Crippen molar-refractivity contribution >= 4 is 21.6 Å². The van der Waals surface area contributed by atoms with Crippen LogP contribution in [-0.4, -0.2) is 11.8 Å². The van der Waals surface area contributed by atoms with Crippen molar-refractivity contribution in [1.29, 1.82) is 0 Å². The zero-order valence-corrected chi connectivity index (χ0v) is 18.0. The van der Waals surface area contributed by atoms with Gasteiger partial charge in [0.2, 0.25) is 6.79 Å². The summed E-state index contributed by atoms with van der Waals surface area (Å²) in [4.78, 5) is 7.81. The first-order valence-corrected chi connectivity index (χ1v) is 11.4. The third kappa shape index (κ3) is 2.90. The van der Waals surface area contributed by atoms with E-state index in [4.69, 9.17) is 14.5 Å². The van der Waals surface area contributed by atoms with E-state index in [2.05, 4.69) is 50.2 Å². The van der Waals surface area contributed by atoms with Gasteiger partial charge in [-0.1, -0.05) is 36.8 Å². The van der Waals surface area contributed by atoms with E-state index in [0.29, 0.717) is 0 Å². The molecule has 1 atom stereocenters. The van der Waals surface area contributed by atoms with E-state index in [-0.39, 0.29) is 6.79 Å². The smallest absolute Gasteiger partial charge is 0.231 e. The summed E-state index contributed by atoms with van der Waals surface area (Å²) >= 11 is 1.88. The normalized spacial score (nSPS) is 17.3. The minimum atomic E-state index is 0.287. The van der Waals surface area contributed by atoms with E-state index >= 15 is 0 Å². The fraction of sp³-hybridized carbons (Fsp3) is 0.269. The Morgan fingerprint density at radius 1 is 1.00 bits per heavy atom. The summed E-state index contributed by atoms with van der Waals surface area (Å²) in [6.07, 6.45) is 3.58. The first-order valence-electron chi connectivity index (χ1n) is 10.6. The van der Waals surface area contributed by atoms with Gasteiger partial charge in [-0.15, -0.1) is 11.3 Å². The molecule has 0 fully saturated rings. The quantitative estimate of drug-likeness (QED) is 0.362. The number of hydrogen-bond donors (Lipinski definition) is 0. The molecule has 3 heterocycles. The van der Waals surface area contributed by atoms with E-state index in [1.54, 1.807) is 0 Å². The van der Waals surface area contributed by atoms with Crippen LogP contribution in [0.5, 0.6) is 11.5 Å². The maximum Gasteiger partial charge on any atom is 0.231 e. The third-order valence-corrected chi connectivity index (χ3v) is 7.41. The van der Waals surface area contributed by atoms with Crippen molar-refractivity contribution in [2.24, 2.45) is 5.92 Å². The molecule has 0 radical (unpaired) electrons. The fourth-order valence-corrected chi connectivity index (χ4v) is 6.10. The van der Waals surface area contributed by atoms with Gasteiger partial charge in [0.15, 0.2) is 11.5 Å². The van der Waals surface area contributed by atoms with Crippen molar-refractivity contribution in [2.45, 2.75) is 33.1 Å². The molecule has 4 aromatic rings. The zero-order valence-electron chi connectivity index (χ0n) is 17.2. The highest BCUT2D eigenvalue weighted by Crippen LogP contribution is 2.44. The molecule has 0 spiro atoms. The van der Waals surface area contributed by atoms with Gasteiger partial charge in [0.05, 0.1) is 5.69 Å². The molecule has 0 saturated heterocycles. The van der Waals surface area contributed by atoms with Crippen molar-refractivity contribution in [3.63, 3.8) is 0 Å². The summed E-state index contributed by atoms with van der Waals surface area (Å²) < 4.78 is 11.1. The molecular weight excluding hydrogens is 390 g/mol. The number of benzene rings is 2. The highest BCUT2D eigenvalue weighted by Gasteiger charge is 2.24. The minimum Gasteiger partial charge on any atom is -0.454 e. The minimum absolute atomic E-state index is 0.287. The van der Waals surface area contributed by atoms with Crippen LogP contribution in [0.3, 0.4) is 0 Å². The van der Waals surface area contributed by atoms with Crippen molar-refractivity contribution in [2.75, 3.05) is 6.79 Å². The Labute approximate surface area is 180 Å². The summed E-state index contributed by atoms with van der Waals surface area (Å²) in [5.74, 6) is 2.35. The van der Waals surface area contributed by atoms with Crippen molar-refractivity contribution in [1.82, 2.24) is 4.98 Å². The second-order valence-electron chi connectivity index (χ2n) is 8.52. The third-order valence-electron chi connectivity index (χ3n) is 6.26. The molecule has 1 aliphatic heterocycles. The van der Waals surface area contributed by atoms with Crippen LogP contribution in [0.2, 0.25) is 0 Å². The Bertz CT molecular complexity index is 1290. The predicted molar refractivity (Wildman–Crippen MR) is 123 cm³/mol. The van der Waals surface area contributed by atoms with Gasteiger partial charge in [-0.3, -0.25) is 0 Å². The molecule has 2 aromatic carbocycles. The highest BCUT2D eigenvalue weighted by atomic mass is 32.1. The lowest BCUT2D eigenvalue weighted by molar-refractivity contribution is 0.174. The highest BCUT2D eigenvalue weighted by molar-refractivity contribution is 7.19. The van der Waals surface area contributed by atoms with Crippen LogP contribution in [0, 0.1) is 12.8 Å². The largest absolute Gasteiger partial charge is 0.454 e. The van der Waals surface area contributed by atoms with Gasteiger partial charge in [0.1, 0.15) is 4.83 Å². The van der Waals surface area contributed by atoms with Gasteiger partial charge in [0, 0.05) is 15.8 Å². The maximum atomic E-state index is 5.61. The van der Waals surface area contributed by atoms with Crippen molar-refractivity contribution in [3.05, 3.63) is 64.5 Å². The first-order chi connectivity index (χ1) is 14.7. The van der Waals surface area contributed by atoms with Crippen LogP contribution in [0.15, 0.2) is 48.5 Å². The number of pyridine rings is 1. The first kappa shape index (κ1) is 18.0. The Kier molecular flexibility index (Phi) is 4.10. The SMILES string of the molecule is Cc1cccc(-c2cc(-c3ccc4c(c3)OCO4)nc3sc4c(c23)CCC(C)C4)c1. The summed E-state index contributed by atoms with van der Waals surface area (Å²) in [6, 6.07) is 17.2. The molecule has 6 rings (SSSR count). The van der Waals surface area contributed by atoms with Crippen LogP contribution in [-0.2, 0) is 12.8 Å². The molecule has 2 aromatic heterocycles. The molecule has 0 saturated carbocycles. The molecule has 4 heteroatoms. The van der Waals surface area contributed by atoms with Gasteiger partial charge in [-0.2, -0.15) is 0 Å². The molecule has 0 bridgehead atoms. The standard InChI is InChI=1S/C26H23NO2S/c1-15-4-3-5-17(10-15)20-13-21(18-7-9-22-23(12-18)29-14-28-22)27-26-25(20)19-8-6-16(2)11-24(19)30-26/h3-5,7,9-10,12-13,16H,6,8,11,14H2,1-2H3. The Morgan fingerprint density at radius 3 is 2.80 bits per heavy atom. The second-order valence-corrected chi connectivity index (χ2v) is 9.61. The summed E-state index contributed by atoms with van der Waals surface area (Å²) in [5.41, 5.74) is 7.42. The van der Waals surface area contributed by atoms with E-state index in [9.17, 15) is 0 Å². The van der Waals surface area contributed by atoms with Gasteiger partial charge in [-0.25, -0.2) is 4.98 Å². The fourth-order valence-electron chi connectivity index (χ4n) is 4.69. The average molecular weight is 414 g/mol. The number of rotatable bonds is 2. The van der Waals surface area contributed by atoms with Crippen LogP contribution < -0.4 is 9.47 Å². The molecule has 30 heavy (non-hydrogen) atoms. The number of nitrogens with zero attached hydrogens (tertiary/aromatic N) is 1. The van der Waals surface area contributed by atoms with Gasteiger partial charge >= 0.3 is 0 Å². The van der Waals surface area contributed by atoms with Crippen LogP contribution in [0.1, 0.15) is 29.3 Å². The van der Waals surface area contributed by atoms with Gasteiger partial charge in [-0.05, 0) is 73.1 Å². The average Bonchev–Trinajstić information content (AvgIpc) is 3.36. The molecular formula is C26H23NO2S. The molecule has 3 nitrogen and oxygen atoms in total. The molecule has 1 unspecified atom stereocenters. The summed E-state index contributed by atoms with van der Waals surface area (Å²) in [5, 5.41) is 1.36. The number of aromatic nitrogens is 1. The number of fused-ring (bicyclic) bond motifs is 4. The second kappa shape index (κ2) is 6.85. The van der Waals surface area contributed by atoms with E-state index in [0.717, 1.165) is 39.9 Å². The lowest BCUT2D eigenvalue weighted by Crippen LogP contribution is -2.08. The Hall–Kier alpha value is -2.85. The van der Waals surface area contributed by atoms with Gasteiger partial charge in [0.25, 0.3) is 0 Å².